The first kappa shape index (κ1) is 15.2. The van der Waals surface area contributed by atoms with Gasteiger partial charge in [0.2, 0.25) is 0 Å². The minimum atomic E-state index is -1.18. The molecule has 0 aromatic heterocycles. The zero-order valence-electron chi connectivity index (χ0n) is 11.9. The predicted octanol–water partition coefficient (Wildman–Crippen LogP) is 1.63. The minimum Gasteiger partial charge on any atom is -0.504 e. The maximum absolute atomic E-state index is 12.3. The van der Waals surface area contributed by atoms with Crippen LogP contribution in [0.4, 0.5) is 0 Å². The molecule has 6 nitrogen and oxygen atoms in total. The van der Waals surface area contributed by atoms with Gasteiger partial charge in [-0.05, 0) is 38.3 Å². The maximum Gasteiger partial charge on any atom is 0.329 e. The summed E-state index contributed by atoms with van der Waals surface area (Å²) in [7, 11) is 0. The number of aliphatic carboxylic acids is 1. The third kappa shape index (κ3) is 3.09. The lowest BCUT2D eigenvalue weighted by Gasteiger charge is -2.41. The van der Waals surface area contributed by atoms with Crippen molar-refractivity contribution in [2.45, 2.75) is 31.7 Å². The van der Waals surface area contributed by atoms with Gasteiger partial charge in [-0.3, -0.25) is 4.79 Å². The molecule has 0 aliphatic carbocycles. The average Bonchev–Trinajstić information content (AvgIpc) is 2.46. The number of benzene rings is 1. The van der Waals surface area contributed by atoms with Crippen molar-refractivity contribution in [3.05, 3.63) is 24.3 Å². The molecule has 1 unspecified atom stereocenters. The van der Waals surface area contributed by atoms with Crippen LogP contribution in [-0.2, 0) is 9.59 Å². The molecule has 1 amide bonds. The Bertz CT molecular complexity index is 545. The third-order valence-corrected chi connectivity index (χ3v) is 3.87. The van der Waals surface area contributed by atoms with Crippen molar-refractivity contribution < 1.29 is 24.5 Å². The largest absolute Gasteiger partial charge is 0.504 e. The Hall–Kier alpha value is -2.24. The molecule has 1 saturated heterocycles. The molecule has 1 heterocycles. The van der Waals surface area contributed by atoms with Crippen molar-refractivity contribution in [2.75, 3.05) is 13.2 Å². The van der Waals surface area contributed by atoms with Crippen LogP contribution in [0.3, 0.4) is 0 Å². The van der Waals surface area contributed by atoms with Crippen LogP contribution in [0.2, 0.25) is 0 Å². The quantitative estimate of drug-likeness (QED) is 0.881. The van der Waals surface area contributed by atoms with Crippen LogP contribution in [0.15, 0.2) is 24.3 Å². The molecule has 1 aliphatic heterocycles. The number of ether oxygens (including phenoxy) is 1. The average molecular weight is 293 g/mol. The molecule has 0 saturated carbocycles. The first-order valence-electron chi connectivity index (χ1n) is 6.90. The molecule has 1 atom stereocenters. The highest BCUT2D eigenvalue weighted by Crippen LogP contribution is 2.29. The number of nitrogens with zero attached hydrogens (tertiary/aromatic N) is 1. The van der Waals surface area contributed by atoms with E-state index in [0.717, 1.165) is 12.8 Å². The second-order valence-electron chi connectivity index (χ2n) is 5.34. The fraction of sp³-hybridized carbons (Fsp3) is 0.467. The summed E-state index contributed by atoms with van der Waals surface area (Å²) in [5, 5.41) is 19.0. The van der Waals surface area contributed by atoms with Crippen molar-refractivity contribution in [3.8, 4) is 11.5 Å². The Labute approximate surface area is 122 Å². The zero-order chi connectivity index (χ0) is 15.5. The van der Waals surface area contributed by atoms with Crippen LogP contribution in [0, 0.1) is 0 Å². The molecule has 1 fully saturated rings. The van der Waals surface area contributed by atoms with Crippen LogP contribution in [0.25, 0.3) is 0 Å². The Morgan fingerprint density at radius 2 is 2.05 bits per heavy atom. The van der Waals surface area contributed by atoms with Crippen LogP contribution in [0.5, 0.6) is 11.5 Å². The van der Waals surface area contributed by atoms with Crippen LogP contribution < -0.4 is 4.74 Å². The molecule has 6 heteroatoms. The molecule has 0 bridgehead atoms. The van der Waals surface area contributed by atoms with Gasteiger partial charge < -0.3 is 19.8 Å². The van der Waals surface area contributed by atoms with Gasteiger partial charge in [-0.2, -0.15) is 0 Å². The summed E-state index contributed by atoms with van der Waals surface area (Å²) in [6.07, 6.45) is 2.00. The number of phenolic OH excluding ortho intramolecular Hbond substituents is 1. The topological polar surface area (TPSA) is 87.1 Å². The first-order chi connectivity index (χ1) is 9.95. The number of piperidine rings is 1. The summed E-state index contributed by atoms with van der Waals surface area (Å²) < 4.78 is 5.29. The number of para-hydroxylation sites is 2. The molecular formula is C15H19NO5. The molecule has 1 aliphatic rings. The van der Waals surface area contributed by atoms with Gasteiger partial charge >= 0.3 is 5.97 Å². The van der Waals surface area contributed by atoms with Gasteiger partial charge in [-0.1, -0.05) is 12.1 Å². The van der Waals surface area contributed by atoms with E-state index in [9.17, 15) is 19.8 Å². The number of amides is 1. The molecular weight excluding hydrogens is 274 g/mol. The number of carboxylic acids is 1. The summed E-state index contributed by atoms with van der Waals surface area (Å²) in [6.45, 7) is 1.68. The summed E-state index contributed by atoms with van der Waals surface area (Å²) in [6, 6.07) is 6.34. The number of carbonyl (C=O) groups excluding carboxylic acids is 1. The van der Waals surface area contributed by atoms with E-state index < -0.39 is 11.5 Å². The second kappa shape index (κ2) is 6.03. The van der Waals surface area contributed by atoms with Gasteiger partial charge in [0.15, 0.2) is 18.1 Å². The van der Waals surface area contributed by atoms with Crippen LogP contribution in [0.1, 0.15) is 26.2 Å². The fourth-order valence-corrected chi connectivity index (χ4v) is 2.54. The van der Waals surface area contributed by atoms with E-state index in [2.05, 4.69) is 0 Å². The second-order valence-corrected chi connectivity index (χ2v) is 5.34. The molecule has 0 spiro atoms. The summed E-state index contributed by atoms with van der Waals surface area (Å²) in [5.74, 6) is -1.23. The van der Waals surface area contributed by atoms with Gasteiger partial charge in [0.1, 0.15) is 5.54 Å². The van der Waals surface area contributed by atoms with Crippen molar-refractivity contribution in [1.82, 2.24) is 4.90 Å². The Morgan fingerprint density at radius 3 is 2.71 bits per heavy atom. The van der Waals surface area contributed by atoms with Gasteiger partial charge in [0, 0.05) is 6.54 Å². The predicted molar refractivity (Wildman–Crippen MR) is 75.2 cm³/mol. The highest BCUT2D eigenvalue weighted by atomic mass is 16.5. The maximum atomic E-state index is 12.3. The molecule has 2 rings (SSSR count). The minimum absolute atomic E-state index is 0.0510. The number of likely N-dealkylation sites (tertiary alicyclic amines) is 1. The van der Waals surface area contributed by atoms with Crippen molar-refractivity contribution in [1.29, 1.82) is 0 Å². The third-order valence-electron chi connectivity index (χ3n) is 3.87. The smallest absolute Gasteiger partial charge is 0.329 e. The molecule has 21 heavy (non-hydrogen) atoms. The lowest BCUT2D eigenvalue weighted by Crippen LogP contribution is -2.58. The standard InChI is InChI=1S/C15H19NO5/c1-15(14(19)20)8-4-5-9-16(15)13(18)10-21-12-7-3-2-6-11(12)17/h2-3,6-7,17H,4-5,8-10H2,1H3,(H,19,20). The fourth-order valence-electron chi connectivity index (χ4n) is 2.54. The van der Waals surface area contributed by atoms with Crippen LogP contribution in [-0.4, -0.2) is 45.7 Å². The van der Waals surface area contributed by atoms with Gasteiger partial charge in [0.25, 0.3) is 5.91 Å². The normalized spacial score (nSPS) is 21.9. The van der Waals surface area contributed by atoms with E-state index in [1.165, 1.54) is 11.0 Å². The first-order valence-corrected chi connectivity index (χ1v) is 6.90. The molecule has 1 aromatic carbocycles. The van der Waals surface area contributed by atoms with Gasteiger partial charge in [-0.25, -0.2) is 4.79 Å². The van der Waals surface area contributed by atoms with Crippen LogP contribution >= 0.6 is 0 Å². The number of hydrogen-bond acceptors (Lipinski definition) is 4. The SMILES string of the molecule is CC1(C(=O)O)CCCCN1C(=O)COc1ccccc1O. The summed E-state index contributed by atoms with van der Waals surface area (Å²) >= 11 is 0. The van der Waals surface area contributed by atoms with E-state index in [1.54, 1.807) is 25.1 Å². The van der Waals surface area contributed by atoms with E-state index in [1.807, 2.05) is 0 Å². The number of carbonyl (C=O) groups is 2. The number of aromatic hydroxyl groups is 1. The summed E-state index contributed by atoms with van der Waals surface area (Å²) in [5.41, 5.74) is -1.18. The molecule has 114 valence electrons. The Balaban J connectivity index is 2.05. The highest BCUT2D eigenvalue weighted by Gasteiger charge is 2.43. The number of rotatable bonds is 4. The van der Waals surface area contributed by atoms with Crippen molar-refractivity contribution in [3.63, 3.8) is 0 Å². The number of carboxylic acid groups (broad SMARTS) is 1. The van der Waals surface area contributed by atoms with Gasteiger partial charge in [-0.15, -0.1) is 0 Å². The van der Waals surface area contributed by atoms with E-state index in [0.29, 0.717) is 13.0 Å². The van der Waals surface area contributed by atoms with Crippen molar-refractivity contribution in [2.24, 2.45) is 0 Å². The molecule has 2 N–H and O–H groups in total. The zero-order valence-corrected chi connectivity index (χ0v) is 11.9. The lowest BCUT2D eigenvalue weighted by molar-refractivity contribution is -0.161. The van der Waals surface area contributed by atoms with Crippen molar-refractivity contribution >= 4 is 11.9 Å². The monoisotopic (exact) mass is 293 g/mol. The van der Waals surface area contributed by atoms with E-state index in [4.69, 9.17) is 4.74 Å². The number of phenols is 1. The van der Waals surface area contributed by atoms with E-state index >= 15 is 0 Å². The Kier molecular flexibility index (Phi) is 4.35. The van der Waals surface area contributed by atoms with E-state index in [-0.39, 0.29) is 24.0 Å². The molecule has 0 radical (unpaired) electrons. The summed E-state index contributed by atoms with van der Waals surface area (Å²) in [4.78, 5) is 25.1. The van der Waals surface area contributed by atoms with Gasteiger partial charge in [0.05, 0.1) is 0 Å². The Morgan fingerprint density at radius 1 is 1.33 bits per heavy atom. The highest BCUT2D eigenvalue weighted by molar-refractivity contribution is 5.87. The lowest BCUT2D eigenvalue weighted by atomic mass is 9.88. The molecule has 1 aromatic rings. The number of hydrogen-bond donors (Lipinski definition) is 2.